The van der Waals surface area contributed by atoms with Gasteiger partial charge < -0.3 is 64.7 Å². The molecule has 2 saturated heterocycles. The van der Waals surface area contributed by atoms with Crippen LogP contribution in [-0.2, 0) is 103 Å². The second-order valence-corrected chi connectivity index (χ2v) is 32.6. The summed E-state index contributed by atoms with van der Waals surface area (Å²) in [5.41, 5.74) is -9.22. The van der Waals surface area contributed by atoms with E-state index < -0.39 is 151 Å². The van der Waals surface area contributed by atoms with Gasteiger partial charge in [0.2, 0.25) is 17.1 Å². The second kappa shape index (κ2) is 32.1. The lowest BCUT2D eigenvalue weighted by Gasteiger charge is -2.43. The van der Waals surface area contributed by atoms with E-state index in [1.807, 2.05) is 0 Å². The summed E-state index contributed by atoms with van der Waals surface area (Å²) in [4.78, 5) is 155. The SMILES string of the molecule is CC(C)(C)OC(=O)NCc1ncn(C[C@@H]2[C@H](NC(=O)/C(=N\OC(C)(C)C(=O)OC(C)(C)C)c3csc(NC(=O)OC(C)(C)C)n3)C(=O)N2S(=O)(=O)O)n1.CC(C)(C)OC(=O)NCc1ncn(C[C@H]2NC(=O)[C@H]2NC(=O)/C(=N\OC(C)(C)C(=O)OC(C)(C)C)c2csc(NC(=O)OC(C)(C)C)n2)n1. The number of nitrogens with zero attached hydrogens (tertiary/aromatic N) is 11. The topological polar surface area (TPSA) is 498 Å². The average molecular weight is 1500 g/mol. The van der Waals surface area contributed by atoms with E-state index in [-0.39, 0.29) is 57.1 Å². The molecule has 0 bridgehead atoms. The fraction of sp³-hybridized carbons (Fsp3) is 0.633. The van der Waals surface area contributed by atoms with E-state index in [1.165, 1.54) is 55.8 Å². The number of β-lactam (4-membered cyclic amide) rings is 2. The van der Waals surface area contributed by atoms with Crippen molar-refractivity contribution in [3.05, 3.63) is 46.5 Å². The number of thiazole rings is 2. The molecule has 2 aliphatic heterocycles. The zero-order valence-corrected chi connectivity index (χ0v) is 63.2. The van der Waals surface area contributed by atoms with Crippen LogP contribution in [0.25, 0.3) is 0 Å². The first kappa shape index (κ1) is 83.0. The molecule has 102 heavy (non-hydrogen) atoms. The van der Waals surface area contributed by atoms with Crippen LogP contribution in [0.15, 0.2) is 33.7 Å². The quantitative estimate of drug-likeness (QED) is 0.0124. The van der Waals surface area contributed by atoms with E-state index in [9.17, 15) is 60.9 Å². The van der Waals surface area contributed by atoms with E-state index in [4.69, 9.17) is 38.1 Å². The molecule has 0 saturated carbocycles. The Hall–Kier alpha value is -9.71. The minimum atomic E-state index is -5.10. The maximum absolute atomic E-state index is 13.8. The molecule has 42 heteroatoms. The van der Waals surface area contributed by atoms with Crippen molar-refractivity contribution in [2.24, 2.45) is 10.3 Å². The van der Waals surface area contributed by atoms with Crippen molar-refractivity contribution < 1.29 is 99.0 Å². The maximum Gasteiger partial charge on any atom is 0.413 e. The average Bonchev–Trinajstić information content (AvgIpc) is 0.896. The first-order chi connectivity index (χ1) is 46.4. The van der Waals surface area contributed by atoms with Gasteiger partial charge in [-0.3, -0.25) is 43.7 Å². The Kier molecular flexibility index (Phi) is 26.1. The van der Waals surface area contributed by atoms with Crippen LogP contribution in [0.5, 0.6) is 0 Å². The van der Waals surface area contributed by atoms with Crippen LogP contribution >= 0.6 is 22.7 Å². The summed E-state index contributed by atoms with van der Waals surface area (Å²) in [6.45, 7) is 35.4. The second-order valence-electron chi connectivity index (χ2n) is 29.6. The van der Waals surface area contributed by atoms with Gasteiger partial charge in [0, 0.05) is 10.8 Å². The van der Waals surface area contributed by atoms with Gasteiger partial charge in [-0.15, -0.1) is 22.7 Å². The number of nitrogens with one attached hydrogen (secondary N) is 7. The molecule has 8 N–H and O–H groups in total. The van der Waals surface area contributed by atoms with Crippen LogP contribution < -0.4 is 37.2 Å². The zero-order valence-electron chi connectivity index (χ0n) is 60.7. The lowest BCUT2D eigenvalue weighted by Crippen LogP contribution is -2.73. The van der Waals surface area contributed by atoms with Gasteiger partial charge in [0.1, 0.15) is 69.7 Å². The number of aromatic nitrogens is 8. The van der Waals surface area contributed by atoms with Crippen molar-refractivity contribution in [1.82, 2.24) is 70.4 Å². The highest BCUT2D eigenvalue weighted by Crippen LogP contribution is 2.28. The summed E-state index contributed by atoms with van der Waals surface area (Å²) < 4.78 is 68.5. The molecule has 2 fully saturated rings. The number of hydrogen-bond acceptors (Lipinski definition) is 30. The minimum Gasteiger partial charge on any atom is -0.457 e. The van der Waals surface area contributed by atoms with Crippen LogP contribution in [0.3, 0.4) is 0 Å². The van der Waals surface area contributed by atoms with Crippen molar-refractivity contribution in [2.45, 2.75) is 247 Å². The van der Waals surface area contributed by atoms with Gasteiger partial charge in [-0.25, -0.2) is 53.0 Å². The van der Waals surface area contributed by atoms with E-state index in [1.54, 1.807) is 125 Å². The summed E-state index contributed by atoms with van der Waals surface area (Å²) >= 11 is 1.87. The summed E-state index contributed by atoms with van der Waals surface area (Å²) in [5.74, 6) is -4.79. The summed E-state index contributed by atoms with van der Waals surface area (Å²) in [6.07, 6.45) is -0.352. The molecule has 0 aliphatic carbocycles. The molecule has 0 radical (unpaired) electrons. The fourth-order valence-electron chi connectivity index (χ4n) is 7.91. The summed E-state index contributed by atoms with van der Waals surface area (Å²) in [7, 11) is -5.10. The van der Waals surface area contributed by atoms with Crippen molar-refractivity contribution in [2.75, 3.05) is 10.6 Å². The normalized spacial score (nSPS) is 17.0. The molecule has 2 aliphatic rings. The number of ether oxygens (including phenoxy) is 6. The van der Waals surface area contributed by atoms with E-state index in [0.29, 0.717) is 5.82 Å². The molecule has 0 spiro atoms. The van der Waals surface area contributed by atoms with Crippen LogP contribution in [0.1, 0.15) is 175 Å². The van der Waals surface area contributed by atoms with Crippen molar-refractivity contribution in [1.29, 1.82) is 0 Å². The van der Waals surface area contributed by atoms with Crippen LogP contribution in [0, 0.1) is 0 Å². The Bertz CT molecular complexity index is 3930. The standard InChI is InChI=1S/C30H45N9O12S2.C30H45N9O9S/c1-27(2,3)48-23(42)30(10,11)51-37-19(16-14-52-24(33-16)35-26(44)50-29(7,8)9)21(40)34-20-17(39(22(20)41)53(45,46)47)13-38-15-32-18(36-38)12-31-25(43)49-28(4,5)6;1-27(2,3)45-23(42)30(10,11)48-38-20(17-14-49-24(34-17)36-26(44)47-29(7,8)9)22(41)35-19-16(33-21(19)40)13-39-15-32-18(37-39)12-31-25(43)46-28(4,5)6/h14-15,17,20H,12-13H2,1-11H3,(H,31,43)(H,34,40)(H,33,35,44)(H,45,46,47);14-16,19H,12-13H2,1-11H3,(H,31,43)(H,33,40)(H,35,41)(H,34,36,44)/b37-19-;38-20-/t17-,20+;16-,19+/m11/s1. The molecule has 39 nitrogen and oxygen atoms in total. The lowest BCUT2D eigenvalue weighted by molar-refractivity contribution is -0.180. The lowest BCUT2D eigenvalue weighted by atomic mass is 9.98. The maximum atomic E-state index is 13.8. The fourth-order valence-corrected chi connectivity index (χ4v) is 10.1. The summed E-state index contributed by atoms with van der Waals surface area (Å²) in [6, 6.07) is -4.60. The highest BCUT2D eigenvalue weighted by atomic mass is 32.2. The van der Waals surface area contributed by atoms with Gasteiger partial charge >= 0.3 is 46.6 Å². The van der Waals surface area contributed by atoms with Crippen LogP contribution in [-0.4, -0.2) is 197 Å². The zero-order chi connectivity index (χ0) is 77.3. The Morgan fingerprint density at radius 2 is 0.882 bits per heavy atom. The van der Waals surface area contributed by atoms with Crippen molar-refractivity contribution in [3.8, 4) is 0 Å². The Morgan fingerprint density at radius 3 is 1.24 bits per heavy atom. The largest absolute Gasteiger partial charge is 0.457 e. The molecule has 0 unspecified atom stereocenters. The first-order valence-corrected chi connectivity index (χ1v) is 34.4. The molecular formula is C60H90N18O21S3. The number of oxime groups is 2. The number of esters is 2. The van der Waals surface area contributed by atoms with Gasteiger partial charge in [0.15, 0.2) is 33.3 Å². The monoisotopic (exact) mass is 1490 g/mol. The van der Waals surface area contributed by atoms with Crippen LogP contribution in [0.4, 0.5) is 29.4 Å². The third-order valence-corrected chi connectivity index (χ3v) is 14.6. The Balaban J connectivity index is 0.000000368. The van der Waals surface area contributed by atoms with E-state index in [2.05, 4.69) is 77.7 Å². The summed E-state index contributed by atoms with van der Waals surface area (Å²) in [5, 5.41) is 36.8. The minimum absolute atomic E-state index is 0.0109. The van der Waals surface area contributed by atoms with Gasteiger partial charge in [-0.1, -0.05) is 10.3 Å². The number of amides is 8. The predicted octanol–water partition coefficient (Wildman–Crippen LogP) is 4.78. The predicted molar refractivity (Wildman–Crippen MR) is 363 cm³/mol. The number of carbonyl (C=O) groups is 10. The Labute approximate surface area is 596 Å². The van der Waals surface area contributed by atoms with Crippen molar-refractivity contribution >= 4 is 115 Å². The Morgan fingerprint density at radius 1 is 0.529 bits per heavy atom. The molecular weight excluding hydrogens is 1400 g/mol. The third-order valence-electron chi connectivity index (χ3n) is 12.2. The molecule has 8 amide bonds. The van der Waals surface area contributed by atoms with E-state index >= 15 is 0 Å². The number of rotatable bonds is 23. The highest BCUT2D eigenvalue weighted by molar-refractivity contribution is 7.84. The molecule has 4 aromatic heterocycles. The molecule has 6 heterocycles. The van der Waals surface area contributed by atoms with E-state index in [0.717, 1.165) is 27.4 Å². The van der Waals surface area contributed by atoms with Crippen molar-refractivity contribution in [3.63, 3.8) is 0 Å². The highest BCUT2D eigenvalue weighted by Gasteiger charge is 2.55. The smallest absolute Gasteiger partial charge is 0.413 e. The number of alkyl carbamates (subject to hydrolysis) is 2. The van der Waals surface area contributed by atoms with Gasteiger partial charge in [0.25, 0.3) is 17.7 Å². The van der Waals surface area contributed by atoms with Gasteiger partial charge in [-0.2, -0.15) is 18.6 Å². The molecule has 564 valence electrons. The third kappa shape index (κ3) is 26.7. The molecule has 0 aromatic carbocycles. The van der Waals surface area contributed by atoms with Crippen LogP contribution in [0.2, 0.25) is 0 Å². The number of carbonyl (C=O) groups excluding carboxylic acids is 10. The van der Waals surface area contributed by atoms with Gasteiger partial charge in [-0.05, 0) is 152 Å². The molecule has 4 atom stereocenters. The number of hydrogen-bond donors (Lipinski definition) is 8. The molecule has 4 aromatic rings. The first-order valence-electron chi connectivity index (χ1n) is 31.3. The van der Waals surface area contributed by atoms with Gasteiger partial charge in [0.05, 0.1) is 38.3 Å². The number of anilines is 2. The molecule has 6 rings (SSSR count).